The van der Waals surface area contributed by atoms with Crippen molar-refractivity contribution in [2.45, 2.75) is 39.8 Å². The maximum Gasteiger partial charge on any atom is 0.203 e. The van der Waals surface area contributed by atoms with Gasteiger partial charge in [-0.1, -0.05) is 0 Å². The van der Waals surface area contributed by atoms with Crippen molar-refractivity contribution in [3.8, 4) is 0 Å². The molecule has 0 aliphatic rings. The molecule has 1 rings (SSSR count). The summed E-state index contributed by atoms with van der Waals surface area (Å²) >= 11 is 0. The van der Waals surface area contributed by atoms with Gasteiger partial charge in [0.2, 0.25) is 5.95 Å². The largest absolute Gasteiger partial charge is 0.385 e. The van der Waals surface area contributed by atoms with Crippen molar-refractivity contribution in [3.63, 3.8) is 0 Å². The van der Waals surface area contributed by atoms with E-state index < -0.39 is 0 Å². The maximum atomic E-state index is 5.39. The van der Waals surface area contributed by atoms with Crippen molar-refractivity contribution < 1.29 is 9.47 Å². The van der Waals surface area contributed by atoms with E-state index in [-0.39, 0.29) is 6.04 Å². The standard InChI is InChI=1S/C13H25N3O2/c1-5-18-10-12(3)15-13-14-11(2)9-16(13)7-6-8-17-4/h9,12H,5-8,10H2,1-4H3,(H,14,15). The molecule has 104 valence electrons. The molecule has 0 aliphatic heterocycles. The van der Waals surface area contributed by atoms with Crippen LogP contribution < -0.4 is 5.32 Å². The van der Waals surface area contributed by atoms with Crippen molar-refractivity contribution >= 4 is 5.95 Å². The first-order valence-corrected chi connectivity index (χ1v) is 6.54. The molecule has 1 aromatic rings. The van der Waals surface area contributed by atoms with E-state index in [2.05, 4.69) is 28.0 Å². The Kier molecular flexibility index (Phi) is 6.75. The van der Waals surface area contributed by atoms with Crippen LogP contribution in [0.1, 0.15) is 26.0 Å². The monoisotopic (exact) mass is 255 g/mol. The van der Waals surface area contributed by atoms with Gasteiger partial charge in [-0.15, -0.1) is 0 Å². The second-order valence-corrected chi connectivity index (χ2v) is 4.45. The average Bonchev–Trinajstić information content (AvgIpc) is 2.67. The smallest absolute Gasteiger partial charge is 0.203 e. The molecule has 0 aromatic carbocycles. The molecule has 0 saturated carbocycles. The molecule has 0 radical (unpaired) electrons. The van der Waals surface area contributed by atoms with Gasteiger partial charge in [0.1, 0.15) is 0 Å². The Morgan fingerprint density at radius 3 is 2.94 bits per heavy atom. The summed E-state index contributed by atoms with van der Waals surface area (Å²) in [5.41, 5.74) is 1.03. The Balaban J connectivity index is 2.52. The fourth-order valence-electron chi connectivity index (χ4n) is 1.77. The zero-order valence-corrected chi connectivity index (χ0v) is 11.9. The summed E-state index contributed by atoms with van der Waals surface area (Å²) in [4.78, 5) is 4.49. The molecule has 0 fully saturated rings. The van der Waals surface area contributed by atoms with Crippen LogP contribution >= 0.6 is 0 Å². The highest BCUT2D eigenvalue weighted by Crippen LogP contribution is 2.10. The molecule has 1 heterocycles. The predicted octanol–water partition coefficient (Wildman–Crippen LogP) is 2.06. The number of aryl methyl sites for hydroxylation is 2. The number of nitrogens with zero attached hydrogens (tertiary/aromatic N) is 2. The van der Waals surface area contributed by atoms with Crippen molar-refractivity contribution in [1.82, 2.24) is 9.55 Å². The van der Waals surface area contributed by atoms with Gasteiger partial charge in [0.25, 0.3) is 0 Å². The molecule has 1 aromatic heterocycles. The first-order valence-electron chi connectivity index (χ1n) is 6.54. The molecule has 0 saturated heterocycles. The van der Waals surface area contributed by atoms with Gasteiger partial charge in [0.15, 0.2) is 0 Å². The Hall–Kier alpha value is -1.07. The second kappa shape index (κ2) is 8.11. The number of aromatic nitrogens is 2. The third-order valence-electron chi connectivity index (χ3n) is 2.59. The molecular weight excluding hydrogens is 230 g/mol. The lowest BCUT2D eigenvalue weighted by Gasteiger charge is -2.15. The Morgan fingerprint density at radius 1 is 1.50 bits per heavy atom. The first kappa shape index (κ1) is 15.0. The molecule has 5 nitrogen and oxygen atoms in total. The summed E-state index contributed by atoms with van der Waals surface area (Å²) in [6.07, 6.45) is 3.05. The number of rotatable bonds is 9. The molecule has 18 heavy (non-hydrogen) atoms. The van der Waals surface area contributed by atoms with Crippen LogP contribution in [0.2, 0.25) is 0 Å². The number of nitrogens with one attached hydrogen (secondary N) is 1. The van der Waals surface area contributed by atoms with Gasteiger partial charge in [-0.3, -0.25) is 0 Å². The Morgan fingerprint density at radius 2 is 2.28 bits per heavy atom. The molecule has 5 heteroatoms. The summed E-state index contributed by atoms with van der Waals surface area (Å²) in [5, 5.41) is 3.38. The van der Waals surface area contributed by atoms with E-state index in [1.165, 1.54) is 0 Å². The lowest BCUT2D eigenvalue weighted by molar-refractivity contribution is 0.141. The molecule has 0 spiro atoms. The highest BCUT2D eigenvalue weighted by Gasteiger charge is 2.08. The lowest BCUT2D eigenvalue weighted by Crippen LogP contribution is -2.24. The van der Waals surface area contributed by atoms with E-state index in [1.54, 1.807) is 7.11 Å². The highest BCUT2D eigenvalue weighted by molar-refractivity contribution is 5.30. The van der Waals surface area contributed by atoms with Crippen LogP contribution in [-0.4, -0.2) is 42.5 Å². The van der Waals surface area contributed by atoms with Gasteiger partial charge in [-0.2, -0.15) is 0 Å². The van der Waals surface area contributed by atoms with Crippen LogP contribution in [-0.2, 0) is 16.0 Å². The summed E-state index contributed by atoms with van der Waals surface area (Å²) < 4.78 is 12.6. The van der Waals surface area contributed by atoms with E-state index in [9.17, 15) is 0 Å². The quantitative estimate of drug-likeness (QED) is 0.686. The molecule has 1 unspecified atom stereocenters. The van der Waals surface area contributed by atoms with Crippen LogP contribution in [0.5, 0.6) is 0 Å². The molecule has 1 atom stereocenters. The van der Waals surface area contributed by atoms with Crippen molar-refractivity contribution in [3.05, 3.63) is 11.9 Å². The fourth-order valence-corrected chi connectivity index (χ4v) is 1.77. The number of anilines is 1. The van der Waals surface area contributed by atoms with Gasteiger partial charge in [0, 0.05) is 39.1 Å². The van der Waals surface area contributed by atoms with E-state index in [0.29, 0.717) is 6.61 Å². The van der Waals surface area contributed by atoms with Crippen LogP contribution in [0.15, 0.2) is 6.20 Å². The van der Waals surface area contributed by atoms with E-state index in [4.69, 9.17) is 9.47 Å². The Labute approximate surface area is 109 Å². The molecule has 0 amide bonds. The third-order valence-corrected chi connectivity index (χ3v) is 2.59. The fraction of sp³-hybridized carbons (Fsp3) is 0.769. The van der Waals surface area contributed by atoms with Gasteiger partial charge in [0.05, 0.1) is 12.3 Å². The molecular formula is C13H25N3O2. The van der Waals surface area contributed by atoms with Crippen LogP contribution in [0, 0.1) is 6.92 Å². The van der Waals surface area contributed by atoms with E-state index in [0.717, 1.165) is 37.8 Å². The highest BCUT2D eigenvalue weighted by atomic mass is 16.5. The van der Waals surface area contributed by atoms with Crippen LogP contribution in [0.3, 0.4) is 0 Å². The molecule has 1 N–H and O–H groups in total. The minimum atomic E-state index is 0.257. The van der Waals surface area contributed by atoms with Gasteiger partial charge >= 0.3 is 0 Å². The topological polar surface area (TPSA) is 48.3 Å². The maximum absolute atomic E-state index is 5.39. The normalized spacial score (nSPS) is 12.7. The SMILES string of the molecule is CCOCC(C)Nc1nc(C)cn1CCCOC. The average molecular weight is 255 g/mol. The third kappa shape index (κ3) is 5.06. The lowest BCUT2D eigenvalue weighted by atomic mass is 10.4. The van der Waals surface area contributed by atoms with Crippen LogP contribution in [0.4, 0.5) is 5.95 Å². The number of imidazole rings is 1. The van der Waals surface area contributed by atoms with Gasteiger partial charge in [-0.05, 0) is 27.2 Å². The van der Waals surface area contributed by atoms with Crippen molar-refractivity contribution in [2.75, 3.05) is 32.2 Å². The summed E-state index contributed by atoms with van der Waals surface area (Å²) in [6, 6.07) is 0.257. The summed E-state index contributed by atoms with van der Waals surface area (Å²) in [5.74, 6) is 0.913. The van der Waals surface area contributed by atoms with Gasteiger partial charge < -0.3 is 19.4 Å². The number of hydrogen-bond acceptors (Lipinski definition) is 4. The summed E-state index contributed by atoms with van der Waals surface area (Å²) in [6.45, 7) is 9.23. The van der Waals surface area contributed by atoms with Crippen molar-refractivity contribution in [2.24, 2.45) is 0 Å². The first-order chi connectivity index (χ1) is 8.67. The van der Waals surface area contributed by atoms with E-state index in [1.807, 2.05) is 13.8 Å². The number of methoxy groups -OCH3 is 1. The van der Waals surface area contributed by atoms with Crippen molar-refractivity contribution in [1.29, 1.82) is 0 Å². The molecule has 0 aliphatic carbocycles. The van der Waals surface area contributed by atoms with Crippen LogP contribution in [0.25, 0.3) is 0 Å². The molecule has 0 bridgehead atoms. The minimum absolute atomic E-state index is 0.257. The van der Waals surface area contributed by atoms with E-state index >= 15 is 0 Å². The zero-order chi connectivity index (χ0) is 13.4. The zero-order valence-electron chi connectivity index (χ0n) is 11.9. The Bertz CT molecular complexity index is 339. The minimum Gasteiger partial charge on any atom is -0.385 e. The second-order valence-electron chi connectivity index (χ2n) is 4.45. The number of ether oxygens (including phenoxy) is 2. The number of hydrogen-bond donors (Lipinski definition) is 1. The predicted molar refractivity (Wildman–Crippen MR) is 73.0 cm³/mol. The summed E-state index contributed by atoms with van der Waals surface area (Å²) in [7, 11) is 1.72. The van der Waals surface area contributed by atoms with Gasteiger partial charge in [-0.25, -0.2) is 4.98 Å².